The van der Waals surface area contributed by atoms with Crippen molar-refractivity contribution in [1.82, 2.24) is 5.32 Å². The van der Waals surface area contributed by atoms with Gasteiger partial charge in [-0.15, -0.1) is 0 Å². The molecule has 0 radical (unpaired) electrons. The maximum atomic E-state index is 11.6. The summed E-state index contributed by atoms with van der Waals surface area (Å²) in [6, 6.07) is 5.59. The number of nitrogens with zero attached hydrogens (tertiary/aromatic N) is 1. The number of benzene rings is 1. The Hall–Kier alpha value is -1.93. The summed E-state index contributed by atoms with van der Waals surface area (Å²) in [5.41, 5.74) is 0.476. The van der Waals surface area contributed by atoms with Crippen molar-refractivity contribution in [2.75, 3.05) is 18.4 Å². The molecule has 0 spiro atoms. The van der Waals surface area contributed by atoms with E-state index < -0.39 is 10.0 Å². The second-order valence-corrected chi connectivity index (χ2v) is 5.24. The molecule has 7 nitrogen and oxygen atoms in total. The van der Waals surface area contributed by atoms with Crippen molar-refractivity contribution in [2.45, 2.75) is 4.90 Å². The zero-order valence-electron chi connectivity index (χ0n) is 9.38. The van der Waals surface area contributed by atoms with Gasteiger partial charge in [0.05, 0.1) is 11.4 Å². The Morgan fingerprint density at radius 3 is 2.50 bits per heavy atom. The maximum absolute atomic E-state index is 11.6. The van der Waals surface area contributed by atoms with E-state index in [2.05, 4.69) is 15.6 Å². The lowest BCUT2D eigenvalue weighted by Crippen LogP contribution is -2.32. The molecule has 1 aliphatic heterocycles. The minimum absolute atomic E-state index is 0.00293. The highest BCUT2D eigenvalue weighted by atomic mass is 32.2. The number of aliphatic imine (C=N–C) groups is 1. The van der Waals surface area contributed by atoms with E-state index in [9.17, 15) is 13.2 Å². The third-order valence-corrected chi connectivity index (χ3v) is 3.26. The molecule has 0 saturated carbocycles. The van der Waals surface area contributed by atoms with Gasteiger partial charge in [0.2, 0.25) is 10.0 Å². The van der Waals surface area contributed by atoms with Gasteiger partial charge in [-0.25, -0.2) is 13.6 Å². The number of sulfonamides is 1. The molecular weight excluding hydrogens is 256 g/mol. The number of anilines is 1. The molecule has 0 aromatic heterocycles. The minimum Gasteiger partial charge on any atom is -0.364 e. The van der Waals surface area contributed by atoms with Crippen molar-refractivity contribution in [3.63, 3.8) is 0 Å². The van der Waals surface area contributed by atoms with E-state index in [0.29, 0.717) is 18.8 Å². The Bertz CT molecular complexity index is 592. The number of nitrogens with one attached hydrogen (secondary N) is 2. The molecule has 0 fully saturated rings. The van der Waals surface area contributed by atoms with Gasteiger partial charge < -0.3 is 10.6 Å². The van der Waals surface area contributed by atoms with Gasteiger partial charge in [0.1, 0.15) is 0 Å². The lowest BCUT2D eigenvalue weighted by Gasteiger charge is -2.06. The molecule has 1 aromatic carbocycles. The number of hydrogen-bond donors (Lipinski definition) is 3. The summed E-state index contributed by atoms with van der Waals surface area (Å²) in [5.74, 6) is -0.0682. The zero-order valence-corrected chi connectivity index (χ0v) is 10.2. The fourth-order valence-corrected chi connectivity index (χ4v) is 1.98. The number of primary sulfonamides is 1. The van der Waals surface area contributed by atoms with Crippen molar-refractivity contribution < 1.29 is 13.2 Å². The van der Waals surface area contributed by atoms with Gasteiger partial charge in [-0.1, -0.05) is 0 Å². The highest BCUT2D eigenvalue weighted by Gasteiger charge is 2.15. The molecular formula is C10H12N4O3S. The Kier molecular flexibility index (Phi) is 3.30. The van der Waals surface area contributed by atoms with E-state index >= 15 is 0 Å². The second-order valence-electron chi connectivity index (χ2n) is 3.68. The van der Waals surface area contributed by atoms with Gasteiger partial charge >= 0.3 is 0 Å². The summed E-state index contributed by atoms with van der Waals surface area (Å²) in [6.07, 6.45) is 0. The summed E-state index contributed by atoms with van der Waals surface area (Å²) < 4.78 is 22.1. The van der Waals surface area contributed by atoms with E-state index in [1.54, 1.807) is 0 Å². The number of amides is 1. The lowest BCUT2D eigenvalue weighted by molar-refractivity contribution is -0.110. The molecule has 1 aliphatic rings. The predicted molar refractivity (Wildman–Crippen MR) is 66.7 cm³/mol. The number of carbonyl (C=O) groups excluding carboxylic acids is 1. The summed E-state index contributed by atoms with van der Waals surface area (Å²) in [6.45, 7) is 1.22. The van der Waals surface area contributed by atoms with Gasteiger partial charge in [-0.3, -0.25) is 9.79 Å². The molecule has 4 N–H and O–H groups in total. The Morgan fingerprint density at radius 1 is 1.33 bits per heavy atom. The number of amidine groups is 1. The summed E-state index contributed by atoms with van der Waals surface area (Å²) in [4.78, 5) is 15.6. The molecule has 1 heterocycles. The minimum atomic E-state index is -3.71. The monoisotopic (exact) mass is 268 g/mol. The average molecular weight is 268 g/mol. The molecule has 1 aromatic rings. The topological polar surface area (TPSA) is 114 Å². The molecule has 0 atom stereocenters. The molecule has 0 bridgehead atoms. The predicted octanol–water partition coefficient (Wildman–Crippen LogP) is -0.726. The van der Waals surface area contributed by atoms with Gasteiger partial charge in [0.25, 0.3) is 5.91 Å². The first-order chi connectivity index (χ1) is 8.47. The Balaban J connectivity index is 2.09. The van der Waals surface area contributed by atoms with Crippen molar-refractivity contribution >= 4 is 27.5 Å². The first-order valence-electron chi connectivity index (χ1n) is 5.19. The van der Waals surface area contributed by atoms with E-state index in [-0.39, 0.29) is 16.6 Å². The molecule has 1 amide bonds. The number of rotatable bonds is 3. The highest BCUT2D eigenvalue weighted by molar-refractivity contribution is 7.89. The number of carbonyl (C=O) groups is 1. The van der Waals surface area contributed by atoms with E-state index in [1.165, 1.54) is 24.3 Å². The Labute approximate surface area is 104 Å². The first-order valence-corrected chi connectivity index (χ1v) is 6.74. The Morgan fingerprint density at radius 2 is 2.00 bits per heavy atom. The van der Waals surface area contributed by atoms with Crippen LogP contribution in [0.25, 0.3) is 0 Å². The maximum Gasteiger partial charge on any atom is 0.290 e. The molecule has 2 rings (SSSR count). The van der Waals surface area contributed by atoms with Crippen LogP contribution in [0.4, 0.5) is 5.69 Å². The van der Waals surface area contributed by atoms with Gasteiger partial charge in [0.15, 0.2) is 5.84 Å². The quantitative estimate of drug-likeness (QED) is 0.670. The van der Waals surface area contributed by atoms with Crippen molar-refractivity contribution in [1.29, 1.82) is 0 Å². The van der Waals surface area contributed by atoms with Crippen LogP contribution >= 0.6 is 0 Å². The third kappa shape index (κ3) is 2.84. The number of nitrogens with two attached hydrogens (primary N) is 1. The smallest absolute Gasteiger partial charge is 0.290 e. The van der Waals surface area contributed by atoms with E-state index in [4.69, 9.17) is 5.14 Å². The van der Waals surface area contributed by atoms with Crippen LogP contribution in [-0.4, -0.2) is 33.3 Å². The molecule has 0 saturated heterocycles. The van der Waals surface area contributed by atoms with Gasteiger partial charge in [-0.2, -0.15) is 0 Å². The van der Waals surface area contributed by atoms with Crippen LogP contribution in [0.5, 0.6) is 0 Å². The van der Waals surface area contributed by atoms with Crippen molar-refractivity contribution in [3.8, 4) is 0 Å². The van der Waals surface area contributed by atoms with Crippen LogP contribution < -0.4 is 15.8 Å². The number of hydrogen-bond acceptors (Lipinski definition) is 5. The summed E-state index contributed by atoms with van der Waals surface area (Å²) >= 11 is 0. The van der Waals surface area contributed by atoms with Crippen molar-refractivity contribution in [2.24, 2.45) is 10.1 Å². The SMILES string of the molecule is NS(=O)(=O)c1ccc(NC(=O)C2=NCCN2)cc1. The van der Waals surface area contributed by atoms with Crippen LogP contribution in [-0.2, 0) is 14.8 Å². The zero-order chi connectivity index (χ0) is 13.2. The van der Waals surface area contributed by atoms with Crippen LogP contribution in [0.15, 0.2) is 34.2 Å². The van der Waals surface area contributed by atoms with Crippen LogP contribution in [0.3, 0.4) is 0 Å². The summed E-state index contributed by atoms with van der Waals surface area (Å²) in [5, 5.41) is 10.4. The van der Waals surface area contributed by atoms with Gasteiger partial charge in [0, 0.05) is 12.2 Å². The average Bonchev–Trinajstić information content (AvgIpc) is 2.82. The third-order valence-electron chi connectivity index (χ3n) is 2.33. The molecule has 18 heavy (non-hydrogen) atoms. The second kappa shape index (κ2) is 4.75. The fourth-order valence-electron chi connectivity index (χ4n) is 1.47. The van der Waals surface area contributed by atoms with Crippen LogP contribution in [0.2, 0.25) is 0 Å². The molecule has 96 valence electrons. The van der Waals surface area contributed by atoms with E-state index in [0.717, 1.165) is 0 Å². The fraction of sp³-hybridized carbons (Fsp3) is 0.200. The summed E-state index contributed by atoms with van der Waals surface area (Å²) in [7, 11) is -3.71. The first kappa shape index (κ1) is 12.5. The van der Waals surface area contributed by atoms with Crippen LogP contribution in [0, 0.1) is 0 Å². The molecule has 8 heteroatoms. The van der Waals surface area contributed by atoms with E-state index in [1.807, 2.05) is 0 Å². The molecule has 0 aliphatic carbocycles. The standard InChI is InChI=1S/C10H12N4O3S/c11-18(16,17)8-3-1-7(2-4-8)14-10(15)9-12-5-6-13-9/h1-4H,5-6H2,(H,12,13)(H,14,15)(H2,11,16,17). The van der Waals surface area contributed by atoms with Crippen LogP contribution in [0.1, 0.15) is 0 Å². The lowest BCUT2D eigenvalue weighted by atomic mass is 10.3. The molecule has 0 unspecified atom stereocenters. The van der Waals surface area contributed by atoms with Gasteiger partial charge in [-0.05, 0) is 24.3 Å². The highest BCUT2D eigenvalue weighted by Crippen LogP contribution is 2.12. The van der Waals surface area contributed by atoms with Crippen molar-refractivity contribution in [3.05, 3.63) is 24.3 Å². The normalized spacial score (nSPS) is 14.8. The largest absolute Gasteiger partial charge is 0.364 e.